The van der Waals surface area contributed by atoms with Gasteiger partial charge in [-0.15, -0.1) is 0 Å². The van der Waals surface area contributed by atoms with E-state index in [1.807, 2.05) is 42.5 Å². The monoisotopic (exact) mass is 518 g/mol. The van der Waals surface area contributed by atoms with E-state index in [9.17, 15) is 22.8 Å². The molecule has 3 aromatic carbocycles. The van der Waals surface area contributed by atoms with Crippen molar-refractivity contribution in [3.8, 4) is 5.69 Å². The van der Waals surface area contributed by atoms with Gasteiger partial charge in [-0.05, 0) is 66.8 Å². The molecule has 2 atom stereocenters. The highest BCUT2D eigenvalue weighted by atomic mass is 19.3. The molecule has 4 aromatic rings. The van der Waals surface area contributed by atoms with Crippen molar-refractivity contribution >= 4 is 28.4 Å². The summed E-state index contributed by atoms with van der Waals surface area (Å²) in [5.41, 5.74) is 6.77. The second-order valence-electron chi connectivity index (χ2n) is 10.1. The van der Waals surface area contributed by atoms with Crippen LogP contribution in [-0.2, 0) is 15.1 Å². The van der Waals surface area contributed by atoms with Crippen molar-refractivity contribution in [1.29, 1.82) is 0 Å². The summed E-state index contributed by atoms with van der Waals surface area (Å²) in [4.78, 5) is 26.9. The van der Waals surface area contributed by atoms with Crippen LogP contribution in [0.4, 0.5) is 18.9 Å². The maximum atomic E-state index is 14.8. The van der Waals surface area contributed by atoms with Gasteiger partial charge in [0.2, 0.25) is 5.91 Å². The first-order chi connectivity index (χ1) is 18.2. The molecule has 2 aliphatic rings. The van der Waals surface area contributed by atoms with Crippen molar-refractivity contribution in [3.05, 3.63) is 90.4 Å². The Labute approximate surface area is 216 Å². The average molecular weight is 519 g/mol. The SMILES string of the molecule is NC(=O)C(F)(F)C[C@H]1CC(=O)N(c2ccc3c(cnn3-c3ccc(F)cc3)c2)[C@]1(c1ccccc1)C1CC1. The number of benzene rings is 3. The van der Waals surface area contributed by atoms with E-state index in [2.05, 4.69) is 5.10 Å². The second kappa shape index (κ2) is 8.72. The van der Waals surface area contributed by atoms with Gasteiger partial charge in [0.05, 0.1) is 22.9 Å². The zero-order chi connectivity index (χ0) is 26.7. The number of primary amides is 1. The number of carbonyl (C=O) groups is 2. The van der Waals surface area contributed by atoms with Crippen LogP contribution in [0.15, 0.2) is 79.0 Å². The lowest BCUT2D eigenvalue weighted by Crippen LogP contribution is -2.51. The summed E-state index contributed by atoms with van der Waals surface area (Å²) in [6, 6.07) is 20.6. The van der Waals surface area contributed by atoms with Gasteiger partial charge in [-0.1, -0.05) is 30.3 Å². The fraction of sp³-hybridized carbons (Fsp3) is 0.276. The molecule has 0 bridgehead atoms. The molecular formula is C29H25F3N4O2. The van der Waals surface area contributed by atoms with Gasteiger partial charge in [0, 0.05) is 29.8 Å². The Balaban J connectivity index is 1.49. The Morgan fingerprint density at radius 1 is 1.03 bits per heavy atom. The summed E-state index contributed by atoms with van der Waals surface area (Å²) >= 11 is 0. The number of fused-ring (bicyclic) bond motifs is 1. The maximum absolute atomic E-state index is 14.8. The Morgan fingerprint density at radius 3 is 2.37 bits per heavy atom. The van der Waals surface area contributed by atoms with Crippen LogP contribution in [0.2, 0.25) is 0 Å². The highest BCUT2D eigenvalue weighted by Gasteiger charge is 2.63. The van der Waals surface area contributed by atoms with Crippen molar-refractivity contribution in [1.82, 2.24) is 9.78 Å². The molecule has 2 N–H and O–H groups in total. The minimum Gasteiger partial charge on any atom is -0.364 e. The summed E-state index contributed by atoms with van der Waals surface area (Å²) in [5.74, 6) is -6.91. The van der Waals surface area contributed by atoms with Gasteiger partial charge < -0.3 is 10.6 Å². The van der Waals surface area contributed by atoms with Crippen molar-refractivity contribution in [2.45, 2.75) is 37.1 Å². The van der Waals surface area contributed by atoms with Gasteiger partial charge >= 0.3 is 5.92 Å². The minimum atomic E-state index is -3.74. The fourth-order valence-corrected chi connectivity index (χ4v) is 6.13. The molecule has 0 unspecified atom stereocenters. The predicted molar refractivity (Wildman–Crippen MR) is 136 cm³/mol. The molecule has 38 heavy (non-hydrogen) atoms. The van der Waals surface area contributed by atoms with E-state index in [0.717, 1.165) is 29.3 Å². The first-order valence-corrected chi connectivity index (χ1v) is 12.5. The number of rotatable bonds is 7. The molecule has 0 spiro atoms. The van der Waals surface area contributed by atoms with Crippen LogP contribution in [0.3, 0.4) is 0 Å². The molecule has 0 radical (unpaired) electrons. The molecular weight excluding hydrogens is 493 g/mol. The van der Waals surface area contributed by atoms with Crippen LogP contribution in [0.5, 0.6) is 0 Å². The molecule has 6 rings (SSSR count). The average Bonchev–Trinajstić information content (AvgIpc) is 3.60. The highest BCUT2D eigenvalue weighted by molar-refractivity contribution is 6.00. The standard InChI is InChI=1S/C29H25F3N4O2/c30-22-8-10-23(11-9-22)36-25-13-12-24(14-18(25)17-34-36)35-26(37)15-21(16-28(31,32)27(33)38)29(35,20-6-7-20)19-4-2-1-3-5-19/h1-5,8-14,17,20-21H,6-7,15-16H2,(H2,33,38)/t21-,29-/m1/s1. The van der Waals surface area contributed by atoms with E-state index in [0.29, 0.717) is 11.4 Å². The number of amides is 2. The number of anilines is 1. The highest BCUT2D eigenvalue weighted by Crippen LogP contribution is 2.60. The van der Waals surface area contributed by atoms with Crippen LogP contribution < -0.4 is 10.6 Å². The van der Waals surface area contributed by atoms with Crippen LogP contribution in [-0.4, -0.2) is 27.5 Å². The van der Waals surface area contributed by atoms with Crippen LogP contribution >= 0.6 is 0 Å². The number of hydrogen-bond acceptors (Lipinski definition) is 3. The van der Waals surface area contributed by atoms with Crippen LogP contribution in [0.25, 0.3) is 16.6 Å². The van der Waals surface area contributed by atoms with Gasteiger partial charge in [0.25, 0.3) is 5.91 Å². The van der Waals surface area contributed by atoms with Crippen molar-refractivity contribution in [2.24, 2.45) is 17.6 Å². The smallest absolute Gasteiger partial charge is 0.324 e. The van der Waals surface area contributed by atoms with Crippen LogP contribution in [0, 0.1) is 17.7 Å². The first-order valence-electron chi connectivity index (χ1n) is 12.5. The largest absolute Gasteiger partial charge is 0.364 e. The minimum absolute atomic E-state index is 0.0392. The van der Waals surface area contributed by atoms with Gasteiger partial charge in [-0.25, -0.2) is 9.07 Å². The molecule has 1 saturated carbocycles. The topological polar surface area (TPSA) is 81.2 Å². The lowest BCUT2D eigenvalue weighted by atomic mass is 9.72. The molecule has 1 aliphatic carbocycles. The number of halogens is 3. The lowest BCUT2D eigenvalue weighted by molar-refractivity contribution is -0.145. The number of aromatic nitrogens is 2. The third-order valence-corrected chi connectivity index (χ3v) is 7.84. The molecule has 6 nitrogen and oxygen atoms in total. The fourth-order valence-electron chi connectivity index (χ4n) is 6.13. The summed E-state index contributed by atoms with van der Waals surface area (Å²) in [6.45, 7) is 0. The second-order valence-corrected chi connectivity index (χ2v) is 10.1. The number of alkyl halides is 2. The van der Waals surface area contributed by atoms with Crippen LogP contribution in [0.1, 0.15) is 31.2 Å². The Hall–Kier alpha value is -4.14. The molecule has 2 fully saturated rings. The predicted octanol–water partition coefficient (Wildman–Crippen LogP) is 5.33. The Kier molecular flexibility index (Phi) is 5.55. The van der Waals surface area contributed by atoms with Crippen molar-refractivity contribution < 1.29 is 22.8 Å². The van der Waals surface area contributed by atoms with Gasteiger partial charge in [-0.3, -0.25) is 9.59 Å². The molecule has 194 valence electrons. The summed E-state index contributed by atoms with van der Waals surface area (Å²) < 4.78 is 44.6. The zero-order valence-electron chi connectivity index (χ0n) is 20.4. The number of carbonyl (C=O) groups excluding carboxylic acids is 2. The lowest BCUT2D eigenvalue weighted by Gasteiger charge is -2.44. The van der Waals surface area contributed by atoms with Gasteiger partial charge in [0.1, 0.15) is 5.82 Å². The van der Waals surface area contributed by atoms with E-state index >= 15 is 0 Å². The molecule has 1 aromatic heterocycles. The number of nitrogens with zero attached hydrogens (tertiary/aromatic N) is 3. The van der Waals surface area contributed by atoms with Gasteiger partial charge in [0.15, 0.2) is 0 Å². The molecule has 9 heteroatoms. The van der Waals surface area contributed by atoms with Crippen molar-refractivity contribution in [2.75, 3.05) is 4.90 Å². The molecule has 1 saturated heterocycles. The quantitative estimate of drug-likeness (QED) is 0.359. The third kappa shape index (κ3) is 3.76. The molecule has 2 heterocycles. The van der Waals surface area contributed by atoms with E-state index in [1.165, 1.54) is 12.1 Å². The Bertz CT molecular complexity index is 1530. The maximum Gasteiger partial charge on any atom is 0.324 e. The van der Waals surface area contributed by atoms with E-state index in [-0.39, 0.29) is 24.1 Å². The molecule has 1 aliphatic heterocycles. The van der Waals surface area contributed by atoms with E-state index in [4.69, 9.17) is 5.73 Å². The number of hydrogen-bond donors (Lipinski definition) is 1. The zero-order valence-corrected chi connectivity index (χ0v) is 20.4. The number of nitrogens with two attached hydrogens (primary N) is 1. The summed E-state index contributed by atoms with van der Waals surface area (Å²) in [6.07, 6.45) is 2.29. The normalized spacial score (nSPS) is 21.8. The van der Waals surface area contributed by atoms with E-state index < -0.39 is 29.7 Å². The summed E-state index contributed by atoms with van der Waals surface area (Å²) in [7, 11) is 0. The van der Waals surface area contributed by atoms with E-state index in [1.54, 1.807) is 34.0 Å². The van der Waals surface area contributed by atoms with Gasteiger partial charge in [-0.2, -0.15) is 13.9 Å². The first kappa shape index (κ1) is 24.2. The Morgan fingerprint density at radius 2 is 1.71 bits per heavy atom. The van der Waals surface area contributed by atoms with Crippen molar-refractivity contribution in [3.63, 3.8) is 0 Å². The molecule has 2 amide bonds. The third-order valence-electron chi connectivity index (χ3n) is 7.84. The summed E-state index contributed by atoms with van der Waals surface area (Å²) in [5, 5.41) is 5.19.